The first kappa shape index (κ1) is 10.7. The lowest BCUT2D eigenvalue weighted by molar-refractivity contribution is -0.114. The fraction of sp³-hybridized carbons (Fsp3) is 0.444. The summed E-state index contributed by atoms with van der Waals surface area (Å²) in [4.78, 5) is 10.8. The number of carbonyl (C=O) groups excluding carboxylic acids is 1. The number of allylic oxidation sites excluding steroid dienone is 1. The summed E-state index contributed by atoms with van der Waals surface area (Å²) in [6.07, 6.45) is 3.63. The number of methoxy groups -OCH3 is 1. The monoisotopic (exact) mass is 168 g/mol. The predicted octanol–water partition coefficient (Wildman–Crippen LogP) is 0.491. The molecule has 0 atom stereocenters. The molecule has 3 heteroatoms. The number of aliphatic hydroxyl groups is 1. The molecule has 0 saturated heterocycles. The molecule has 0 spiro atoms. The van der Waals surface area contributed by atoms with Gasteiger partial charge in [-0.1, -0.05) is 5.92 Å². The first-order valence-electron chi connectivity index (χ1n) is 3.64. The third-order valence-corrected chi connectivity index (χ3v) is 1.06. The molecule has 0 rings (SSSR count). The number of carbonyl (C=O) groups is 1. The smallest absolute Gasteiger partial charge is 0.205 e. The fourth-order valence-electron chi connectivity index (χ4n) is 0.526. The van der Waals surface area contributed by atoms with Crippen molar-refractivity contribution in [2.24, 2.45) is 0 Å². The second-order valence-electron chi connectivity index (χ2n) is 2.06. The summed E-state index contributed by atoms with van der Waals surface area (Å²) >= 11 is 0. The maximum atomic E-state index is 10.8. The van der Waals surface area contributed by atoms with Crippen molar-refractivity contribution in [2.45, 2.75) is 12.8 Å². The van der Waals surface area contributed by atoms with Crippen LogP contribution < -0.4 is 0 Å². The number of rotatable bonds is 4. The molecular weight excluding hydrogens is 156 g/mol. The zero-order valence-electron chi connectivity index (χ0n) is 7.04. The van der Waals surface area contributed by atoms with Gasteiger partial charge in [-0.3, -0.25) is 4.79 Å². The van der Waals surface area contributed by atoms with Crippen molar-refractivity contribution in [3.05, 3.63) is 12.3 Å². The molecule has 0 aliphatic heterocycles. The summed E-state index contributed by atoms with van der Waals surface area (Å²) in [5.41, 5.74) is 0. The van der Waals surface area contributed by atoms with E-state index in [2.05, 4.69) is 16.6 Å². The van der Waals surface area contributed by atoms with Gasteiger partial charge in [-0.2, -0.15) is 0 Å². The Morgan fingerprint density at radius 2 is 2.42 bits per heavy atom. The number of Topliss-reactive ketones (excluding diaryl/α,β-unsaturated/α-hetero) is 1. The van der Waals surface area contributed by atoms with E-state index in [1.807, 2.05) is 0 Å². The Hall–Kier alpha value is -1.27. The van der Waals surface area contributed by atoms with Gasteiger partial charge >= 0.3 is 0 Å². The molecule has 1 N–H and O–H groups in total. The van der Waals surface area contributed by atoms with Crippen molar-refractivity contribution in [1.82, 2.24) is 0 Å². The van der Waals surface area contributed by atoms with Crippen LogP contribution in [0, 0.1) is 11.8 Å². The van der Waals surface area contributed by atoms with Gasteiger partial charge in [0.05, 0.1) is 13.4 Å². The number of ketones is 1. The quantitative estimate of drug-likeness (QED) is 0.377. The molecule has 0 bridgehead atoms. The molecule has 0 unspecified atom stereocenters. The van der Waals surface area contributed by atoms with E-state index in [0.717, 1.165) is 0 Å². The summed E-state index contributed by atoms with van der Waals surface area (Å²) < 4.78 is 4.57. The van der Waals surface area contributed by atoms with Gasteiger partial charge in [0.15, 0.2) is 0 Å². The lowest BCUT2D eigenvalue weighted by Gasteiger charge is -1.86. The van der Waals surface area contributed by atoms with E-state index in [4.69, 9.17) is 5.11 Å². The van der Waals surface area contributed by atoms with Gasteiger partial charge in [-0.25, -0.2) is 0 Å². The van der Waals surface area contributed by atoms with Crippen LogP contribution >= 0.6 is 0 Å². The summed E-state index contributed by atoms with van der Waals surface area (Å²) in [6.45, 7) is 0.0291. The van der Waals surface area contributed by atoms with Crippen molar-refractivity contribution in [3.63, 3.8) is 0 Å². The maximum Gasteiger partial charge on any atom is 0.205 e. The Labute approximate surface area is 72.0 Å². The molecule has 12 heavy (non-hydrogen) atoms. The highest BCUT2D eigenvalue weighted by molar-refractivity contribution is 5.95. The van der Waals surface area contributed by atoms with E-state index in [0.29, 0.717) is 12.8 Å². The van der Waals surface area contributed by atoms with Crippen LogP contribution in [0.4, 0.5) is 0 Å². The molecule has 0 amide bonds. The third kappa shape index (κ3) is 6.84. The second-order valence-corrected chi connectivity index (χ2v) is 2.06. The molecule has 0 aromatic rings. The normalized spacial score (nSPS) is 9.17. The molecule has 0 aliphatic carbocycles. The summed E-state index contributed by atoms with van der Waals surface area (Å²) in [5, 5.41) is 8.39. The minimum Gasteiger partial charge on any atom is -0.504 e. The minimum absolute atomic E-state index is 0.0291. The average molecular weight is 168 g/mol. The molecule has 0 heterocycles. The largest absolute Gasteiger partial charge is 0.504 e. The molecular formula is C9H12O3. The molecule has 0 fully saturated rings. The highest BCUT2D eigenvalue weighted by Crippen LogP contribution is 1.87. The van der Waals surface area contributed by atoms with Crippen molar-refractivity contribution >= 4 is 5.78 Å². The van der Waals surface area contributed by atoms with Gasteiger partial charge in [0.1, 0.15) is 0 Å². The molecule has 66 valence electrons. The summed E-state index contributed by atoms with van der Waals surface area (Å²) in [5.74, 6) is 4.73. The van der Waals surface area contributed by atoms with E-state index in [-0.39, 0.29) is 12.4 Å². The number of hydrogen-bond donors (Lipinski definition) is 1. The van der Waals surface area contributed by atoms with Crippen LogP contribution in [0.1, 0.15) is 12.8 Å². The van der Waals surface area contributed by atoms with Crippen LogP contribution in [0.15, 0.2) is 12.3 Å². The van der Waals surface area contributed by atoms with E-state index < -0.39 is 0 Å². The maximum absolute atomic E-state index is 10.8. The van der Waals surface area contributed by atoms with Crippen molar-refractivity contribution in [3.8, 4) is 11.8 Å². The van der Waals surface area contributed by atoms with Crippen LogP contribution in [-0.2, 0) is 9.53 Å². The van der Waals surface area contributed by atoms with Gasteiger partial charge in [0, 0.05) is 19.1 Å². The number of hydrogen-bond acceptors (Lipinski definition) is 3. The SMILES string of the molecule is CO/C=C\C#CC(=O)CCCO. The average Bonchev–Trinajstić information content (AvgIpc) is 2.09. The summed E-state index contributed by atoms with van der Waals surface area (Å²) in [7, 11) is 1.51. The Balaban J connectivity index is 3.64. The Kier molecular flexibility index (Phi) is 7.00. The molecule has 0 aliphatic rings. The Morgan fingerprint density at radius 3 is 3.00 bits per heavy atom. The molecule has 0 aromatic heterocycles. The third-order valence-electron chi connectivity index (χ3n) is 1.06. The topological polar surface area (TPSA) is 46.5 Å². The van der Waals surface area contributed by atoms with Gasteiger partial charge < -0.3 is 9.84 Å². The summed E-state index contributed by atoms with van der Waals surface area (Å²) in [6, 6.07) is 0. The Morgan fingerprint density at radius 1 is 1.67 bits per heavy atom. The fourth-order valence-corrected chi connectivity index (χ4v) is 0.526. The van der Waals surface area contributed by atoms with Crippen LogP contribution in [0.2, 0.25) is 0 Å². The second kappa shape index (κ2) is 7.83. The standard InChI is InChI=1S/C9H12O3/c1-12-8-3-2-5-9(11)6-4-7-10/h3,8,10H,4,6-7H2,1H3/b8-3-. The molecule has 0 radical (unpaired) electrons. The zero-order chi connectivity index (χ0) is 9.23. The lowest BCUT2D eigenvalue weighted by atomic mass is 10.2. The van der Waals surface area contributed by atoms with Crippen LogP contribution in [0.3, 0.4) is 0 Å². The molecule has 0 saturated carbocycles. The van der Waals surface area contributed by atoms with Crippen LogP contribution in [-0.4, -0.2) is 24.6 Å². The molecule has 0 aromatic carbocycles. The lowest BCUT2D eigenvalue weighted by Crippen LogP contribution is -1.94. The van der Waals surface area contributed by atoms with Crippen molar-refractivity contribution < 1.29 is 14.6 Å². The van der Waals surface area contributed by atoms with E-state index >= 15 is 0 Å². The van der Waals surface area contributed by atoms with Crippen LogP contribution in [0.5, 0.6) is 0 Å². The zero-order valence-corrected chi connectivity index (χ0v) is 7.04. The highest BCUT2D eigenvalue weighted by Gasteiger charge is 1.93. The Bertz CT molecular complexity index is 208. The van der Waals surface area contributed by atoms with Crippen molar-refractivity contribution in [2.75, 3.05) is 13.7 Å². The van der Waals surface area contributed by atoms with Crippen molar-refractivity contribution in [1.29, 1.82) is 0 Å². The minimum atomic E-state index is -0.162. The van der Waals surface area contributed by atoms with E-state index in [1.54, 1.807) is 0 Å². The number of aliphatic hydroxyl groups excluding tert-OH is 1. The van der Waals surface area contributed by atoms with E-state index in [1.165, 1.54) is 19.4 Å². The van der Waals surface area contributed by atoms with E-state index in [9.17, 15) is 4.79 Å². The van der Waals surface area contributed by atoms with Crippen LogP contribution in [0.25, 0.3) is 0 Å². The van der Waals surface area contributed by atoms with Gasteiger partial charge in [-0.15, -0.1) is 0 Å². The first-order valence-corrected chi connectivity index (χ1v) is 3.64. The van der Waals surface area contributed by atoms with Gasteiger partial charge in [0.25, 0.3) is 0 Å². The van der Waals surface area contributed by atoms with Gasteiger partial charge in [-0.05, 0) is 12.3 Å². The number of ether oxygens (including phenoxy) is 1. The predicted molar refractivity (Wildman–Crippen MR) is 45.3 cm³/mol. The highest BCUT2D eigenvalue weighted by atomic mass is 16.5. The van der Waals surface area contributed by atoms with Gasteiger partial charge in [0.2, 0.25) is 5.78 Å². The molecule has 3 nitrogen and oxygen atoms in total. The first-order chi connectivity index (χ1) is 5.81.